The lowest BCUT2D eigenvalue weighted by Gasteiger charge is -2.27. The van der Waals surface area contributed by atoms with Crippen LogP contribution in [-0.4, -0.2) is 74.3 Å². The zero-order chi connectivity index (χ0) is 66.3. The van der Waals surface area contributed by atoms with E-state index in [2.05, 4.69) is 44.3 Å². The van der Waals surface area contributed by atoms with E-state index in [4.69, 9.17) is 13.8 Å². The van der Waals surface area contributed by atoms with Gasteiger partial charge in [0.05, 0.1) is 33.8 Å². The van der Waals surface area contributed by atoms with Crippen molar-refractivity contribution in [3.05, 3.63) is 24.3 Å². The quantitative estimate of drug-likeness (QED) is 0.0205. The molecular weight excluding hydrogens is 1140 g/mol. The van der Waals surface area contributed by atoms with Gasteiger partial charge in [-0.15, -0.1) is 0 Å². The number of ether oxygens (including phenoxy) is 1. The molecule has 540 valence electrons. The van der Waals surface area contributed by atoms with Gasteiger partial charge in [-0.3, -0.25) is 18.6 Å². The van der Waals surface area contributed by atoms with Crippen molar-refractivity contribution in [2.45, 2.75) is 444 Å². The number of nitrogens with zero attached hydrogens (tertiary/aromatic N) is 1. The predicted molar refractivity (Wildman–Crippen MR) is 397 cm³/mol. The van der Waals surface area contributed by atoms with Crippen LogP contribution in [0, 0.1) is 0 Å². The highest BCUT2D eigenvalue weighted by molar-refractivity contribution is 7.47. The maximum absolute atomic E-state index is 13.7. The van der Waals surface area contributed by atoms with Crippen molar-refractivity contribution in [2.75, 3.05) is 40.9 Å². The maximum atomic E-state index is 13.7. The van der Waals surface area contributed by atoms with Gasteiger partial charge in [0.25, 0.3) is 0 Å². The van der Waals surface area contributed by atoms with Crippen molar-refractivity contribution in [3.8, 4) is 0 Å². The first-order chi connectivity index (χ1) is 44.4. The Labute approximate surface area is 568 Å². The first kappa shape index (κ1) is 89.5. The second kappa shape index (κ2) is 71.3. The maximum Gasteiger partial charge on any atom is 0.472 e. The van der Waals surface area contributed by atoms with Crippen LogP contribution >= 0.6 is 7.82 Å². The molecule has 10 heteroatoms. The molecule has 91 heavy (non-hydrogen) atoms. The summed E-state index contributed by atoms with van der Waals surface area (Å²) in [5.74, 6) is -0.476. The molecule has 3 unspecified atom stereocenters. The Hall–Kier alpha value is -1.51. The summed E-state index contributed by atoms with van der Waals surface area (Å²) in [7, 11) is 1.52. The van der Waals surface area contributed by atoms with Crippen molar-refractivity contribution >= 4 is 19.7 Å². The molecule has 0 rings (SSSR count). The lowest BCUT2D eigenvalue weighted by Crippen LogP contribution is -2.47. The van der Waals surface area contributed by atoms with Crippen LogP contribution in [0.2, 0.25) is 0 Å². The average Bonchev–Trinajstić information content (AvgIpc) is 3.08. The molecule has 0 aliphatic carbocycles. The fraction of sp³-hybridized carbons (Fsp3) is 0.926. The molecule has 0 radical (unpaired) electrons. The molecule has 0 bridgehead atoms. The summed E-state index contributed by atoms with van der Waals surface area (Å²) in [6.07, 6.45) is 89.5. The highest BCUT2D eigenvalue weighted by atomic mass is 31.2. The number of phosphoric ester groups is 1. The Bertz CT molecular complexity index is 1600. The molecule has 0 saturated carbocycles. The summed E-state index contributed by atoms with van der Waals surface area (Å²) in [5.41, 5.74) is 0. The number of amides is 1. The van der Waals surface area contributed by atoms with E-state index < -0.39 is 20.0 Å². The number of allylic oxidation sites excluding steroid dienone is 3. The molecule has 0 spiro atoms. The molecule has 1 amide bonds. The van der Waals surface area contributed by atoms with Gasteiger partial charge in [-0.1, -0.05) is 386 Å². The zero-order valence-corrected chi connectivity index (χ0v) is 63.0. The molecule has 0 aliphatic heterocycles. The molecule has 3 atom stereocenters. The Kier molecular flexibility index (Phi) is 70.1. The number of phosphoric acid groups is 1. The van der Waals surface area contributed by atoms with E-state index in [9.17, 15) is 19.0 Å². The molecule has 0 aliphatic rings. The summed E-state index contributed by atoms with van der Waals surface area (Å²) >= 11 is 0. The minimum absolute atomic E-state index is 0.0450. The van der Waals surface area contributed by atoms with Crippen LogP contribution in [0.4, 0.5) is 0 Å². The standard InChI is InChI=1S/C81H159N2O7P/c1-7-10-13-16-19-22-25-27-29-31-33-35-37-39-41-43-45-47-49-51-53-55-58-61-64-67-70-73-80(84)82-78(77-89-91(86,87)88-76-75-83(4,5)6)79(72-69-66-63-60-57-24-21-18-15-12-9-3)90-81(85)74-71-68-65-62-59-56-54-52-50-48-46-44-42-40-38-36-34-32-30-28-26-23-20-17-14-11-8-2/h27,29,69,72,78-79H,7-26,28,30-68,70-71,73-77H2,1-6H3,(H-,82,84,86,87)/p+1/b29-27+,72-69+. The summed E-state index contributed by atoms with van der Waals surface area (Å²) in [6, 6.07) is -0.843. The van der Waals surface area contributed by atoms with E-state index in [1.807, 2.05) is 27.2 Å². The van der Waals surface area contributed by atoms with Gasteiger partial charge < -0.3 is 19.4 Å². The number of likely N-dealkylation sites (N-methyl/N-ethyl adjacent to an activating group) is 1. The molecule has 0 heterocycles. The van der Waals surface area contributed by atoms with E-state index >= 15 is 0 Å². The van der Waals surface area contributed by atoms with Crippen molar-refractivity contribution < 1.29 is 37.3 Å². The van der Waals surface area contributed by atoms with Crippen LogP contribution < -0.4 is 5.32 Å². The number of hydrogen-bond acceptors (Lipinski definition) is 6. The highest BCUT2D eigenvalue weighted by Crippen LogP contribution is 2.43. The minimum atomic E-state index is -4.45. The van der Waals surface area contributed by atoms with Gasteiger partial charge >= 0.3 is 13.8 Å². The molecule has 0 fully saturated rings. The predicted octanol–water partition coefficient (Wildman–Crippen LogP) is 26.4. The van der Waals surface area contributed by atoms with Gasteiger partial charge in [0.2, 0.25) is 5.91 Å². The van der Waals surface area contributed by atoms with Crippen LogP contribution in [-0.2, 0) is 27.9 Å². The number of rotatable bonds is 76. The third-order valence-electron chi connectivity index (χ3n) is 18.9. The van der Waals surface area contributed by atoms with Gasteiger partial charge in [-0.05, 0) is 57.4 Å². The molecule has 0 aromatic heterocycles. The largest absolute Gasteiger partial charge is 0.472 e. The first-order valence-corrected chi connectivity index (χ1v) is 42.2. The number of quaternary nitrogens is 1. The normalized spacial score (nSPS) is 13.4. The van der Waals surface area contributed by atoms with E-state index in [1.54, 1.807) is 0 Å². The van der Waals surface area contributed by atoms with Crippen LogP contribution in [0.1, 0.15) is 432 Å². The molecule has 2 N–H and O–H groups in total. The van der Waals surface area contributed by atoms with Crippen molar-refractivity contribution in [2.24, 2.45) is 0 Å². The van der Waals surface area contributed by atoms with E-state index in [-0.39, 0.29) is 25.1 Å². The van der Waals surface area contributed by atoms with E-state index in [0.717, 1.165) is 57.8 Å². The fourth-order valence-corrected chi connectivity index (χ4v) is 13.4. The third-order valence-corrected chi connectivity index (χ3v) is 19.9. The van der Waals surface area contributed by atoms with Gasteiger partial charge in [-0.25, -0.2) is 4.57 Å². The van der Waals surface area contributed by atoms with Crippen molar-refractivity contribution in [1.29, 1.82) is 0 Å². The molecule has 0 saturated heterocycles. The summed E-state index contributed by atoms with van der Waals surface area (Å²) < 4.78 is 30.9. The van der Waals surface area contributed by atoms with Crippen LogP contribution in [0.25, 0.3) is 0 Å². The molecule has 0 aromatic rings. The van der Waals surface area contributed by atoms with Gasteiger partial charge in [0, 0.05) is 12.8 Å². The third kappa shape index (κ3) is 72.6. The van der Waals surface area contributed by atoms with Gasteiger partial charge in [0.1, 0.15) is 19.3 Å². The Balaban J connectivity index is 4.80. The van der Waals surface area contributed by atoms with Crippen LogP contribution in [0.5, 0.6) is 0 Å². The van der Waals surface area contributed by atoms with Gasteiger partial charge in [-0.2, -0.15) is 0 Å². The Morgan fingerprint density at radius 2 is 0.637 bits per heavy atom. The second-order valence-electron chi connectivity index (χ2n) is 29.3. The number of unbranched alkanes of at least 4 members (excludes halogenated alkanes) is 58. The summed E-state index contributed by atoms with van der Waals surface area (Å²) in [4.78, 5) is 38.0. The SMILES string of the molecule is CCCCCCCC/C=C/CCCCCCCCCCCCCCCCCCCC(=O)NC(COP(=O)(O)OCC[N+](C)(C)C)C(/C=C/CCCCCCCCCCC)OC(=O)CCCCCCCCCCCCCCCCCCCCCCCCCCCCC. The fourth-order valence-electron chi connectivity index (χ4n) is 12.6. The van der Waals surface area contributed by atoms with Gasteiger partial charge in [0.15, 0.2) is 0 Å². The average molecular weight is 1310 g/mol. The molecule has 9 nitrogen and oxygen atoms in total. The zero-order valence-electron chi connectivity index (χ0n) is 62.1. The summed E-state index contributed by atoms with van der Waals surface area (Å²) in [6.45, 7) is 7.09. The first-order valence-electron chi connectivity index (χ1n) is 40.7. The van der Waals surface area contributed by atoms with E-state index in [0.29, 0.717) is 23.9 Å². The lowest BCUT2D eigenvalue weighted by atomic mass is 10.0. The molecule has 0 aromatic carbocycles. The van der Waals surface area contributed by atoms with Crippen molar-refractivity contribution in [1.82, 2.24) is 5.32 Å². The monoisotopic (exact) mass is 1300 g/mol. The van der Waals surface area contributed by atoms with Crippen LogP contribution in [0.15, 0.2) is 24.3 Å². The van der Waals surface area contributed by atoms with Crippen molar-refractivity contribution in [3.63, 3.8) is 0 Å². The molecular formula is C81H160N2O7P+. The number of esters is 1. The second-order valence-corrected chi connectivity index (χ2v) is 30.8. The number of carbonyl (C=O) groups is 2. The van der Waals surface area contributed by atoms with E-state index in [1.165, 1.54) is 340 Å². The highest BCUT2D eigenvalue weighted by Gasteiger charge is 2.30. The van der Waals surface area contributed by atoms with Crippen LogP contribution in [0.3, 0.4) is 0 Å². The Morgan fingerprint density at radius 3 is 0.934 bits per heavy atom. The minimum Gasteiger partial charge on any atom is -0.456 e. The summed E-state index contributed by atoms with van der Waals surface area (Å²) in [5, 5.41) is 3.09. The smallest absolute Gasteiger partial charge is 0.456 e. The number of hydrogen-bond donors (Lipinski definition) is 2. The topological polar surface area (TPSA) is 111 Å². The Morgan fingerprint density at radius 1 is 0.374 bits per heavy atom. The number of nitrogens with one attached hydrogen (secondary N) is 1. The lowest BCUT2D eigenvalue weighted by molar-refractivity contribution is -0.870. The number of carbonyl (C=O) groups excluding carboxylic acids is 2.